The van der Waals surface area contributed by atoms with E-state index >= 15 is 0 Å². The summed E-state index contributed by atoms with van der Waals surface area (Å²) in [5.41, 5.74) is 9.76. The van der Waals surface area contributed by atoms with Gasteiger partial charge < -0.3 is 16.8 Å². The van der Waals surface area contributed by atoms with E-state index in [0.717, 1.165) is 25.8 Å². The Kier molecular flexibility index (Phi) is 8.07. The van der Waals surface area contributed by atoms with Crippen molar-refractivity contribution in [3.63, 3.8) is 0 Å². The molecule has 0 radical (unpaired) electrons. The van der Waals surface area contributed by atoms with E-state index in [-0.39, 0.29) is 0 Å². The van der Waals surface area contributed by atoms with Gasteiger partial charge in [-0.2, -0.15) is 0 Å². The number of piperidine rings is 1. The summed E-state index contributed by atoms with van der Waals surface area (Å²) in [5.74, 6) is 0.695. The van der Waals surface area contributed by atoms with Crippen molar-refractivity contribution in [3.05, 3.63) is 0 Å². The van der Waals surface area contributed by atoms with Crippen LogP contribution < -0.4 is 16.8 Å². The molecule has 116 valence electrons. The van der Waals surface area contributed by atoms with E-state index in [9.17, 15) is 8.42 Å². The normalized spacial score (nSPS) is 18.8. The zero-order chi connectivity index (χ0) is 15.1. The average molecular weight is 294 g/mol. The Morgan fingerprint density at radius 1 is 1.26 bits per heavy atom. The van der Waals surface area contributed by atoms with E-state index < -0.39 is 15.7 Å². The molecule has 1 fully saturated rings. The Morgan fingerprint density at radius 3 is 2.00 bits per heavy atom. The van der Waals surface area contributed by atoms with Crippen LogP contribution in [0.2, 0.25) is 0 Å². The molecule has 0 atom stereocenters. The molecule has 19 heavy (non-hydrogen) atoms. The minimum absolute atomic E-state index is 0.500. The summed E-state index contributed by atoms with van der Waals surface area (Å²) in [7, 11) is -1.00. The third-order valence-corrected chi connectivity index (χ3v) is 4.15. The summed E-state index contributed by atoms with van der Waals surface area (Å²) in [6.45, 7) is 5.92. The highest BCUT2D eigenvalue weighted by atomic mass is 32.2. The predicted molar refractivity (Wildman–Crippen MR) is 80.1 cm³/mol. The number of hydrogen-bond acceptors (Lipinski definition) is 5. The van der Waals surface area contributed by atoms with Crippen molar-refractivity contribution in [2.45, 2.75) is 38.8 Å². The van der Waals surface area contributed by atoms with Gasteiger partial charge in [-0.25, -0.2) is 12.7 Å². The van der Waals surface area contributed by atoms with Crippen LogP contribution in [0.4, 0.5) is 0 Å². The van der Waals surface area contributed by atoms with Gasteiger partial charge in [-0.05, 0) is 52.6 Å². The Labute approximate surface area is 118 Å². The van der Waals surface area contributed by atoms with Gasteiger partial charge in [-0.3, -0.25) is 0 Å². The number of rotatable bonds is 4. The predicted octanol–water partition coefficient (Wildman–Crippen LogP) is -0.0926. The molecule has 6 nitrogen and oxygen atoms in total. The highest BCUT2D eigenvalue weighted by Gasteiger charge is 2.24. The molecule has 0 spiro atoms. The average Bonchev–Trinajstić information content (AvgIpc) is 2.23. The largest absolute Gasteiger partial charge is 0.320 e. The minimum Gasteiger partial charge on any atom is -0.320 e. The molecule has 0 aromatic heterocycles. The lowest BCUT2D eigenvalue weighted by molar-refractivity contribution is 0.264. The molecule has 0 aromatic carbocycles. The van der Waals surface area contributed by atoms with Crippen LogP contribution >= 0.6 is 0 Å². The van der Waals surface area contributed by atoms with Crippen LogP contribution in [0.15, 0.2) is 0 Å². The fourth-order valence-corrected chi connectivity index (χ4v) is 2.75. The van der Waals surface area contributed by atoms with E-state index in [4.69, 9.17) is 11.5 Å². The van der Waals surface area contributed by atoms with Crippen molar-refractivity contribution in [1.82, 2.24) is 9.62 Å². The zero-order valence-corrected chi connectivity index (χ0v) is 13.5. The van der Waals surface area contributed by atoms with Crippen molar-refractivity contribution >= 4 is 10.0 Å². The van der Waals surface area contributed by atoms with Gasteiger partial charge in [-0.1, -0.05) is 0 Å². The van der Waals surface area contributed by atoms with Gasteiger partial charge in [0.15, 0.2) is 0 Å². The molecule has 1 aliphatic rings. The topological polar surface area (TPSA) is 101 Å². The number of nitrogens with one attached hydrogen (secondary N) is 1. The van der Waals surface area contributed by atoms with Crippen LogP contribution in [0.5, 0.6) is 0 Å². The maximum Gasteiger partial charge on any atom is 0.211 e. The quantitative estimate of drug-likeness (QED) is 0.629. The Hall–Kier alpha value is -0.210. The summed E-state index contributed by atoms with van der Waals surface area (Å²) >= 11 is 0. The number of nitrogens with two attached hydrogens (primary N) is 2. The number of sulfonamides is 1. The lowest BCUT2D eigenvalue weighted by Crippen LogP contribution is -2.42. The lowest BCUT2D eigenvalue weighted by atomic mass is 9.95. The van der Waals surface area contributed by atoms with Crippen molar-refractivity contribution in [1.29, 1.82) is 0 Å². The molecule has 0 aliphatic carbocycles. The minimum atomic E-state index is -2.95. The second kappa shape index (κ2) is 8.16. The smallest absolute Gasteiger partial charge is 0.211 e. The van der Waals surface area contributed by atoms with Crippen LogP contribution in [0.1, 0.15) is 33.1 Å². The van der Waals surface area contributed by atoms with E-state index in [1.165, 1.54) is 6.26 Å². The molecule has 1 aliphatic heterocycles. The summed E-state index contributed by atoms with van der Waals surface area (Å²) in [6, 6.07) is 0. The fourth-order valence-electron chi connectivity index (χ4n) is 1.88. The lowest BCUT2D eigenvalue weighted by Gasteiger charge is -2.30. The van der Waals surface area contributed by atoms with Crippen molar-refractivity contribution in [2.75, 3.05) is 32.9 Å². The Balaban J connectivity index is 0.000000555. The molecule has 0 unspecified atom stereocenters. The first kappa shape index (κ1) is 18.8. The molecule has 0 bridgehead atoms. The molecule has 1 saturated heterocycles. The van der Waals surface area contributed by atoms with Crippen molar-refractivity contribution in [2.24, 2.45) is 17.4 Å². The van der Waals surface area contributed by atoms with Crippen LogP contribution in [0, 0.1) is 5.92 Å². The number of nitrogens with zero attached hydrogens (tertiary/aromatic N) is 1. The molecule has 1 heterocycles. The molecular weight excluding hydrogens is 264 g/mol. The van der Waals surface area contributed by atoms with Crippen LogP contribution in [0.3, 0.4) is 0 Å². The summed E-state index contributed by atoms with van der Waals surface area (Å²) < 4.78 is 24.0. The third-order valence-electron chi connectivity index (χ3n) is 2.85. The Bertz CT molecular complexity index is 324. The second-order valence-corrected chi connectivity index (χ2v) is 7.80. The van der Waals surface area contributed by atoms with Crippen molar-refractivity contribution < 1.29 is 8.42 Å². The van der Waals surface area contributed by atoms with E-state index in [1.807, 2.05) is 7.05 Å². The molecule has 1 rings (SSSR count). The standard InChI is InChI=1S/C9H20N2O2S.C3H10N2/c1-10-6-3-9-4-7-11(8-5-9)14(2,12)13;1-3(2,4)5/h9-10H,3-8H2,1-2H3;4-5H2,1-2H3. The molecule has 0 saturated carbocycles. The third kappa shape index (κ3) is 11.3. The highest BCUT2D eigenvalue weighted by molar-refractivity contribution is 7.88. The van der Waals surface area contributed by atoms with Crippen LogP contribution in [0.25, 0.3) is 0 Å². The zero-order valence-electron chi connectivity index (χ0n) is 12.6. The maximum absolute atomic E-state index is 11.2. The molecular formula is C12H30N4O2S. The highest BCUT2D eigenvalue weighted by Crippen LogP contribution is 2.21. The molecule has 0 amide bonds. The van der Waals surface area contributed by atoms with Gasteiger partial charge in [0.2, 0.25) is 10.0 Å². The monoisotopic (exact) mass is 294 g/mol. The van der Waals surface area contributed by atoms with Gasteiger partial charge in [0.25, 0.3) is 0 Å². The van der Waals surface area contributed by atoms with Gasteiger partial charge in [0, 0.05) is 13.1 Å². The first-order valence-corrected chi connectivity index (χ1v) is 8.56. The molecule has 5 N–H and O–H groups in total. The first-order valence-electron chi connectivity index (χ1n) is 6.71. The molecule has 0 aromatic rings. The second-order valence-electron chi connectivity index (χ2n) is 5.82. The van der Waals surface area contributed by atoms with Crippen LogP contribution in [-0.2, 0) is 10.0 Å². The fraction of sp³-hybridized carbons (Fsp3) is 1.00. The van der Waals surface area contributed by atoms with Gasteiger partial charge in [-0.15, -0.1) is 0 Å². The number of hydrogen-bond donors (Lipinski definition) is 3. The van der Waals surface area contributed by atoms with Crippen LogP contribution in [-0.4, -0.2) is 51.3 Å². The van der Waals surface area contributed by atoms with Gasteiger partial charge >= 0.3 is 0 Å². The summed E-state index contributed by atoms with van der Waals surface area (Å²) in [5, 5.41) is 3.12. The summed E-state index contributed by atoms with van der Waals surface area (Å²) in [6.07, 6.45) is 4.47. The van der Waals surface area contributed by atoms with Gasteiger partial charge in [0.1, 0.15) is 0 Å². The SMILES string of the molecule is CC(C)(N)N.CNCCC1CCN(S(C)(=O)=O)CC1. The molecule has 7 heteroatoms. The van der Waals surface area contributed by atoms with E-state index in [0.29, 0.717) is 19.0 Å². The summed E-state index contributed by atoms with van der Waals surface area (Å²) in [4.78, 5) is 0. The Morgan fingerprint density at radius 2 is 1.68 bits per heavy atom. The maximum atomic E-state index is 11.2. The van der Waals surface area contributed by atoms with Gasteiger partial charge in [0.05, 0.1) is 11.9 Å². The van der Waals surface area contributed by atoms with E-state index in [1.54, 1.807) is 18.2 Å². The first-order chi connectivity index (χ1) is 8.54. The van der Waals surface area contributed by atoms with E-state index in [2.05, 4.69) is 5.32 Å². The van der Waals surface area contributed by atoms with Crippen molar-refractivity contribution in [3.8, 4) is 0 Å².